The van der Waals surface area contributed by atoms with Crippen molar-refractivity contribution in [3.63, 3.8) is 0 Å². The number of amides is 1. The molecule has 2 heterocycles. The highest BCUT2D eigenvalue weighted by Gasteiger charge is 2.19. The summed E-state index contributed by atoms with van der Waals surface area (Å²) in [6.07, 6.45) is 1.54. The van der Waals surface area contributed by atoms with E-state index in [2.05, 4.69) is 9.97 Å². The number of fused-ring (bicyclic) bond motifs is 1. The maximum Gasteiger partial charge on any atom is 0.261 e. The Morgan fingerprint density at radius 1 is 1.14 bits per heavy atom. The fourth-order valence-electron chi connectivity index (χ4n) is 3.16. The van der Waals surface area contributed by atoms with E-state index in [0.29, 0.717) is 28.3 Å². The van der Waals surface area contributed by atoms with Gasteiger partial charge in [0.25, 0.3) is 5.56 Å². The average Bonchev–Trinajstić information content (AvgIpc) is 3.15. The number of nitrogens with zero attached hydrogens (tertiary/aromatic N) is 4. The van der Waals surface area contributed by atoms with Gasteiger partial charge < -0.3 is 0 Å². The predicted octanol–water partition coefficient (Wildman–Crippen LogP) is 4.20. The number of carbonyl (C=O) groups is 1. The van der Waals surface area contributed by atoms with E-state index < -0.39 is 0 Å². The van der Waals surface area contributed by atoms with Gasteiger partial charge in [-0.15, -0.1) is 11.3 Å². The number of hydrogen-bond donors (Lipinski definition) is 0. The van der Waals surface area contributed by atoms with Gasteiger partial charge in [0.15, 0.2) is 5.13 Å². The van der Waals surface area contributed by atoms with Crippen LogP contribution < -0.4 is 10.5 Å². The summed E-state index contributed by atoms with van der Waals surface area (Å²) < 4.78 is 1.54. The highest BCUT2D eigenvalue weighted by Crippen LogP contribution is 2.30. The van der Waals surface area contributed by atoms with Crippen molar-refractivity contribution in [1.29, 1.82) is 0 Å². The van der Waals surface area contributed by atoms with Crippen molar-refractivity contribution in [2.45, 2.75) is 27.3 Å². The number of aromatic nitrogens is 3. The minimum absolute atomic E-state index is 0.109. The molecule has 0 atom stereocenters. The smallest absolute Gasteiger partial charge is 0.261 e. The normalized spacial score (nSPS) is 11.0. The van der Waals surface area contributed by atoms with E-state index >= 15 is 0 Å². The Morgan fingerprint density at radius 3 is 2.69 bits per heavy atom. The lowest BCUT2D eigenvalue weighted by Gasteiger charge is -2.19. The van der Waals surface area contributed by atoms with Crippen LogP contribution in [-0.4, -0.2) is 20.4 Å². The van der Waals surface area contributed by atoms with Crippen LogP contribution in [0.2, 0.25) is 0 Å². The SMILES string of the molecule is CC(=O)N(c1ccc(C)c(C)c1)c1nc(Cn2cnc3ccccc3c2=O)cs1. The highest BCUT2D eigenvalue weighted by atomic mass is 32.1. The van der Waals surface area contributed by atoms with Gasteiger partial charge in [0.1, 0.15) is 0 Å². The molecular weight excluding hydrogens is 384 g/mol. The van der Waals surface area contributed by atoms with Crippen LogP contribution in [-0.2, 0) is 11.3 Å². The molecule has 7 heteroatoms. The summed E-state index contributed by atoms with van der Waals surface area (Å²) in [5.41, 5.74) is 4.33. The summed E-state index contributed by atoms with van der Waals surface area (Å²) in [5, 5.41) is 3.03. The molecular formula is C22H20N4O2S. The van der Waals surface area contributed by atoms with E-state index in [4.69, 9.17) is 0 Å². The van der Waals surface area contributed by atoms with Gasteiger partial charge in [-0.05, 0) is 49.2 Å². The number of para-hydroxylation sites is 1. The molecule has 0 saturated carbocycles. The molecule has 4 rings (SSSR count). The third-order valence-corrected chi connectivity index (χ3v) is 5.73. The Bertz CT molecular complexity index is 1280. The maximum atomic E-state index is 12.7. The number of benzene rings is 2. The zero-order valence-electron chi connectivity index (χ0n) is 16.4. The number of aryl methyl sites for hydroxylation is 2. The van der Waals surface area contributed by atoms with E-state index in [9.17, 15) is 9.59 Å². The predicted molar refractivity (Wildman–Crippen MR) is 116 cm³/mol. The van der Waals surface area contributed by atoms with Gasteiger partial charge in [-0.1, -0.05) is 18.2 Å². The number of anilines is 2. The van der Waals surface area contributed by atoms with Gasteiger partial charge in [0, 0.05) is 12.3 Å². The van der Waals surface area contributed by atoms with E-state index in [1.54, 1.807) is 11.0 Å². The lowest BCUT2D eigenvalue weighted by molar-refractivity contribution is -0.115. The van der Waals surface area contributed by atoms with Crippen LogP contribution in [0.5, 0.6) is 0 Å². The Balaban J connectivity index is 1.66. The summed E-state index contributed by atoms with van der Waals surface area (Å²) in [6, 6.07) is 13.2. The lowest BCUT2D eigenvalue weighted by atomic mass is 10.1. The largest absolute Gasteiger partial charge is 0.293 e. The molecule has 0 bridgehead atoms. The Labute approximate surface area is 172 Å². The number of carbonyl (C=O) groups excluding carboxylic acids is 1. The fraction of sp³-hybridized carbons (Fsp3) is 0.182. The van der Waals surface area contributed by atoms with Crippen molar-refractivity contribution < 1.29 is 4.79 Å². The first-order chi connectivity index (χ1) is 13.9. The Kier molecular flexibility index (Phi) is 4.98. The second-order valence-electron chi connectivity index (χ2n) is 6.94. The van der Waals surface area contributed by atoms with Crippen molar-refractivity contribution in [1.82, 2.24) is 14.5 Å². The van der Waals surface area contributed by atoms with Crippen LogP contribution in [0, 0.1) is 13.8 Å². The van der Waals surface area contributed by atoms with Gasteiger partial charge in [-0.3, -0.25) is 19.1 Å². The van der Waals surface area contributed by atoms with Crippen LogP contribution in [0.25, 0.3) is 10.9 Å². The lowest BCUT2D eigenvalue weighted by Crippen LogP contribution is -2.23. The molecule has 0 aliphatic rings. The average molecular weight is 404 g/mol. The summed E-state index contributed by atoms with van der Waals surface area (Å²) >= 11 is 1.38. The molecule has 6 nitrogen and oxygen atoms in total. The molecule has 2 aromatic heterocycles. The minimum Gasteiger partial charge on any atom is -0.293 e. The third kappa shape index (κ3) is 3.69. The van der Waals surface area contributed by atoms with E-state index in [1.807, 2.05) is 55.6 Å². The van der Waals surface area contributed by atoms with Crippen molar-refractivity contribution in [3.05, 3.63) is 81.3 Å². The zero-order valence-corrected chi connectivity index (χ0v) is 17.2. The monoisotopic (exact) mass is 404 g/mol. The van der Waals surface area contributed by atoms with Crippen LogP contribution in [0.1, 0.15) is 23.7 Å². The zero-order chi connectivity index (χ0) is 20.5. The summed E-state index contributed by atoms with van der Waals surface area (Å²) in [5.74, 6) is -0.112. The molecule has 0 radical (unpaired) electrons. The molecule has 0 N–H and O–H groups in total. The minimum atomic E-state index is -0.112. The quantitative estimate of drug-likeness (QED) is 0.511. The second-order valence-corrected chi connectivity index (χ2v) is 7.78. The van der Waals surface area contributed by atoms with Crippen LogP contribution in [0.3, 0.4) is 0 Å². The van der Waals surface area contributed by atoms with Crippen LogP contribution in [0.4, 0.5) is 10.8 Å². The summed E-state index contributed by atoms with van der Waals surface area (Å²) in [6.45, 7) is 5.87. The Morgan fingerprint density at radius 2 is 1.93 bits per heavy atom. The first-order valence-corrected chi connectivity index (χ1v) is 10.1. The molecule has 0 aliphatic carbocycles. The van der Waals surface area contributed by atoms with E-state index in [1.165, 1.54) is 34.7 Å². The number of hydrogen-bond acceptors (Lipinski definition) is 5. The molecule has 0 fully saturated rings. The third-order valence-electron chi connectivity index (χ3n) is 4.86. The van der Waals surface area contributed by atoms with E-state index in [-0.39, 0.29) is 11.5 Å². The van der Waals surface area contributed by atoms with Gasteiger partial charge >= 0.3 is 0 Å². The topological polar surface area (TPSA) is 68.1 Å². The summed E-state index contributed by atoms with van der Waals surface area (Å²) in [7, 11) is 0. The molecule has 0 spiro atoms. The molecule has 0 aliphatic heterocycles. The van der Waals surface area contributed by atoms with Crippen molar-refractivity contribution in [2.24, 2.45) is 0 Å². The van der Waals surface area contributed by atoms with Crippen molar-refractivity contribution >= 4 is 39.0 Å². The number of rotatable bonds is 4. The fourth-order valence-corrected chi connectivity index (χ4v) is 4.03. The standard InChI is InChI=1S/C22H20N4O2S/c1-14-8-9-18(10-15(14)2)26(16(3)27)22-24-17(12-29-22)11-25-13-23-20-7-5-4-6-19(20)21(25)28/h4-10,12-13H,11H2,1-3H3. The first kappa shape index (κ1) is 19.0. The van der Waals surface area contributed by atoms with Gasteiger partial charge in [-0.2, -0.15) is 0 Å². The van der Waals surface area contributed by atoms with Crippen LogP contribution in [0.15, 0.2) is 59.0 Å². The molecule has 1 amide bonds. The van der Waals surface area contributed by atoms with Gasteiger partial charge in [0.05, 0.1) is 35.2 Å². The highest BCUT2D eigenvalue weighted by molar-refractivity contribution is 7.14. The van der Waals surface area contributed by atoms with Gasteiger partial charge in [-0.25, -0.2) is 9.97 Å². The summed E-state index contributed by atoms with van der Waals surface area (Å²) in [4.78, 5) is 35.6. The van der Waals surface area contributed by atoms with Crippen LogP contribution >= 0.6 is 11.3 Å². The first-order valence-electron chi connectivity index (χ1n) is 9.20. The van der Waals surface area contributed by atoms with E-state index in [0.717, 1.165) is 11.3 Å². The molecule has 0 saturated heterocycles. The molecule has 146 valence electrons. The van der Waals surface area contributed by atoms with Crippen molar-refractivity contribution in [2.75, 3.05) is 4.90 Å². The molecule has 2 aromatic carbocycles. The molecule has 29 heavy (non-hydrogen) atoms. The number of thiazole rings is 1. The molecule has 4 aromatic rings. The second kappa shape index (κ2) is 7.60. The molecule has 0 unspecified atom stereocenters. The van der Waals surface area contributed by atoms with Gasteiger partial charge in [0.2, 0.25) is 5.91 Å². The Hall–Kier alpha value is -3.32. The van der Waals surface area contributed by atoms with Crippen molar-refractivity contribution in [3.8, 4) is 0 Å². The maximum absolute atomic E-state index is 12.7.